The van der Waals surface area contributed by atoms with Crippen molar-refractivity contribution < 1.29 is 14.5 Å². The van der Waals surface area contributed by atoms with Crippen molar-refractivity contribution >= 4 is 5.91 Å². The second-order valence-electron chi connectivity index (χ2n) is 5.32. The SMILES string of the molecule is O=C1NC2CCCCC2C(O)C1[n+]1ccccc1. The van der Waals surface area contributed by atoms with Crippen molar-refractivity contribution in [3.63, 3.8) is 0 Å². The summed E-state index contributed by atoms with van der Waals surface area (Å²) in [5, 5.41) is 13.6. The van der Waals surface area contributed by atoms with Gasteiger partial charge in [0.2, 0.25) is 0 Å². The highest BCUT2D eigenvalue weighted by atomic mass is 16.3. The summed E-state index contributed by atoms with van der Waals surface area (Å²) in [7, 11) is 0. The molecule has 18 heavy (non-hydrogen) atoms. The first-order chi connectivity index (χ1) is 8.77. The highest BCUT2D eigenvalue weighted by Gasteiger charge is 2.48. The average Bonchev–Trinajstić information content (AvgIpc) is 2.40. The molecule has 0 aromatic carbocycles. The normalized spacial score (nSPS) is 35.7. The first-order valence-corrected chi connectivity index (χ1v) is 6.71. The Labute approximate surface area is 107 Å². The zero-order valence-electron chi connectivity index (χ0n) is 10.3. The summed E-state index contributed by atoms with van der Waals surface area (Å²) in [5.74, 6) is 0.149. The lowest BCUT2D eigenvalue weighted by molar-refractivity contribution is -0.718. The van der Waals surface area contributed by atoms with E-state index in [9.17, 15) is 9.90 Å². The van der Waals surface area contributed by atoms with E-state index >= 15 is 0 Å². The molecule has 2 aliphatic rings. The number of hydrogen-bond donors (Lipinski definition) is 2. The maximum absolute atomic E-state index is 12.2. The van der Waals surface area contributed by atoms with Crippen LogP contribution in [0.2, 0.25) is 0 Å². The lowest BCUT2D eigenvalue weighted by Gasteiger charge is -2.40. The number of fused-ring (bicyclic) bond motifs is 1. The van der Waals surface area contributed by atoms with Crippen LogP contribution >= 0.6 is 0 Å². The molecular weight excluding hydrogens is 228 g/mol. The van der Waals surface area contributed by atoms with E-state index in [1.807, 2.05) is 35.2 Å². The van der Waals surface area contributed by atoms with Gasteiger partial charge in [-0.2, -0.15) is 4.57 Å². The van der Waals surface area contributed by atoms with Gasteiger partial charge in [-0.05, 0) is 12.8 Å². The van der Waals surface area contributed by atoms with Crippen molar-refractivity contribution in [1.82, 2.24) is 5.32 Å². The molecule has 96 valence electrons. The van der Waals surface area contributed by atoms with Crippen LogP contribution in [-0.2, 0) is 4.79 Å². The molecule has 1 saturated heterocycles. The van der Waals surface area contributed by atoms with Crippen LogP contribution in [0.15, 0.2) is 30.6 Å². The third-order valence-electron chi connectivity index (χ3n) is 4.24. The third kappa shape index (κ3) is 1.90. The van der Waals surface area contributed by atoms with E-state index in [1.54, 1.807) is 0 Å². The van der Waals surface area contributed by atoms with Gasteiger partial charge in [0.25, 0.3) is 11.9 Å². The molecule has 1 amide bonds. The number of amides is 1. The van der Waals surface area contributed by atoms with Crippen molar-refractivity contribution in [3.8, 4) is 0 Å². The number of pyridine rings is 1. The Morgan fingerprint density at radius 1 is 1.17 bits per heavy atom. The number of nitrogens with zero attached hydrogens (tertiary/aromatic N) is 1. The Balaban J connectivity index is 1.88. The second-order valence-corrected chi connectivity index (χ2v) is 5.32. The molecule has 3 rings (SSSR count). The van der Waals surface area contributed by atoms with Gasteiger partial charge < -0.3 is 10.4 Å². The van der Waals surface area contributed by atoms with Gasteiger partial charge in [-0.1, -0.05) is 18.9 Å². The van der Waals surface area contributed by atoms with E-state index < -0.39 is 12.1 Å². The fraction of sp³-hybridized carbons (Fsp3) is 0.571. The standard InChI is InChI=1S/C14H18N2O2/c17-13-10-6-2-3-7-11(10)15-14(18)12(13)16-8-4-1-5-9-16/h1,4-5,8-13,17H,2-3,6-7H2/p+1. The van der Waals surface area contributed by atoms with Crippen LogP contribution in [-0.4, -0.2) is 23.2 Å². The lowest BCUT2D eigenvalue weighted by Crippen LogP contribution is -2.64. The number of nitrogens with one attached hydrogen (secondary N) is 1. The third-order valence-corrected chi connectivity index (χ3v) is 4.24. The largest absolute Gasteiger partial charge is 0.385 e. The summed E-state index contributed by atoms with van der Waals surface area (Å²) in [6.45, 7) is 0. The minimum atomic E-state index is -0.573. The molecule has 0 spiro atoms. The lowest BCUT2D eigenvalue weighted by atomic mass is 9.76. The minimum Gasteiger partial charge on any atom is -0.385 e. The summed E-state index contributed by atoms with van der Waals surface area (Å²) in [6.07, 6.45) is 7.43. The van der Waals surface area contributed by atoms with Gasteiger partial charge in [0.05, 0.1) is 0 Å². The van der Waals surface area contributed by atoms with Crippen LogP contribution in [0.1, 0.15) is 31.7 Å². The highest BCUT2D eigenvalue weighted by molar-refractivity contribution is 5.80. The molecular formula is C14H19N2O2+. The number of carbonyl (C=O) groups excluding carboxylic acids is 1. The molecule has 0 radical (unpaired) electrons. The Morgan fingerprint density at radius 2 is 1.89 bits per heavy atom. The van der Waals surface area contributed by atoms with Crippen molar-refractivity contribution in [1.29, 1.82) is 0 Å². The topological polar surface area (TPSA) is 53.2 Å². The summed E-state index contributed by atoms with van der Waals surface area (Å²) < 4.78 is 1.81. The zero-order chi connectivity index (χ0) is 12.5. The molecule has 4 unspecified atom stereocenters. The number of piperidine rings is 1. The van der Waals surface area contributed by atoms with Gasteiger partial charge in [0, 0.05) is 24.1 Å². The zero-order valence-corrected chi connectivity index (χ0v) is 10.3. The molecule has 1 aliphatic carbocycles. The van der Waals surface area contributed by atoms with Gasteiger partial charge in [0.1, 0.15) is 6.10 Å². The molecule has 4 atom stereocenters. The van der Waals surface area contributed by atoms with Crippen molar-refractivity contribution in [3.05, 3.63) is 30.6 Å². The maximum Gasteiger partial charge on any atom is 0.292 e. The van der Waals surface area contributed by atoms with Crippen LogP contribution in [0.4, 0.5) is 0 Å². The summed E-state index contributed by atoms with van der Waals surface area (Å²) in [5.41, 5.74) is 0. The van der Waals surface area contributed by atoms with Gasteiger partial charge in [0.15, 0.2) is 12.4 Å². The maximum atomic E-state index is 12.2. The van der Waals surface area contributed by atoms with E-state index in [-0.39, 0.29) is 17.9 Å². The van der Waals surface area contributed by atoms with Crippen molar-refractivity contribution in [2.75, 3.05) is 0 Å². The summed E-state index contributed by atoms with van der Waals surface area (Å²) in [4.78, 5) is 12.2. The molecule has 1 aromatic rings. The van der Waals surface area contributed by atoms with Gasteiger partial charge in [-0.3, -0.25) is 4.79 Å². The summed E-state index contributed by atoms with van der Waals surface area (Å²) in [6, 6.07) is 5.36. The fourth-order valence-electron chi connectivity index (χ4n) is 3.31. The molecule has 2 heterocycles. The Kier molecular flexibility index (Phi) is 3.04. The smallest absolute Gasteiger partial charge is 0.292 e. The van der Waals surface area contributed by atoms with E-state index in [4.69, 9.17) is 0 Å². The number of aliphatic hydroxyl groups excluding tert-OH is 1. The van der Waals surface area contributed by atoms with Crippen molar-refractivity contribution in [2.45, 2.75) is 43.9 Å². The van der Waals surface area contributed by atoms with Crippen LogP contribution < -0.4 is 9.88 Å². The predicted octanol–water partition coefficient (Wildman–Crippen LogP) is 0.565. The summed E-state index contributed by atoms with van der Waals surface area (Å²) >= 11 is 0. The first kappa shape index (κ1) is 11.7. The molecule has 4 nitrogen and oxygen atoms in total. The Hall–Kier alpha value is -1.42. The van der Waals surface area contributed by atoms with Gasteiger partial charge in [-0.25, -0.2) is 0 Å². The van der Waals surface area contributed by atoms with E-state index in [0.717, 1.165) is 25.7 Å². The molecule has 1 saturated carbocycles. The van der Waals surface area contributed by atoms with E-state index in [1.165, 1.54) is 0 Å². The molecule has 2 N–H and O–H groups in total. The monoisotopic (exact) mass is 247 g/mol. The van der Waals surface area contributed by atoms with Crippen molar-refractivity contribution in [2.24, 2.45) is 5.92 Å². The molecule has 1 aromatic heterocycles. The number of carbonyl (C=O) groups is 1. The fourth-order valence-corrected chi connectivity index (χ4v) is 3.31. The van der Waals surface area contributed by atoms with Crippen LogP contribution in [0.25, 0.3) is 0 Å². The number of aromatic nitrogens is 1. The van der Waals surface area contributed by atoms with Gasteiger partial charge >= 0.3 is 0 Å². The number of rotatable bonds is 1. The molecule has 2 fully saturated rings. The highest BCUT2D eigenvalue weighted by Crippen LogP contribution is 2.33. The van der Waals surface area contributed by atoms with Crippen LogP contribution in [0.3, 0.4) is 0 Å². The Bertz CT molecular complexity index is 435. The minimum absolute atomic E-state index is 0.0538. The second kappa shape index (κ2) is 4.69. The van der Waals surface area contributed by atoms with Gasteiger partial charge in [-0.15, -0.1) is 0 Å². The molecule has 0 bridgehead atoms. The quantitative estimate of drug-likeness (QED) is 0.713. The van der Waals surface area contributed by atoms with Crippen LogP contribution in [0.5, 0.6) is 0 Å². The first-order valence-electron chi connectivity index (χ1n) is 6.71. The van der Waals surface area contributed by atoms with E-state index in [0.29, 0.717) is 0 Å². The Morgan fingerprint density at radius 3 is 2.67 bits per heavy atom. The number of aliphatic hydroxyl groups is 1. The van der Waals surface area contributed by atoms with Crippen LogP contribution in [0, 0.1) is 5.92 Å². The number of hydrogen-bond acceptors (Lipinski definition) is 2. The predicted molar refractivity (Wildman–Crippen MR) is 65.6 cm³/mol. The average molecular weight is 247 g/mol. The van der Waals surface area contributed by atoms with E-state index in [2.05, 4.69) is 5.32 Å². The molecule has 4 heteroatoms. The molecule has 1 aliphatic heterocycles.